The number of halogens is 1. The van der Waals surface area contributed by atoms with Gasteiger partial charge in [-0.2, -0.15) is 0 Å². The van der Waals surface area contributed by atoms with E-state index in [1.807, 2.05) is 12.1 Å². The highest BCUT2D eigenvalue weighted by atomic mass is 35.5. The number of carbonyl (C=O) groups excluding carboxylic acids is 1. The molecule has 0 aliphatic rings. The maximum absolute atomic E-state index is 12.6. The summed E-state index contributed by atoms with van der Waals surface area (Å²) in [6, 6.07) is 14.0. The Morgan fingerprint density at radius 2 is 1.55 bits per heavy atom. The van der Waals surface area contributed by atoms with Gasteiger partial charge in [0.2, 0.25) is 0 Å². The van der Waals surface area contributed by atoms with Crippen LogP contribution in [0.4, 0.5) is 0 Å². The van der Waals surface area contributed by atoms with Crippen LogP contribution in [0.15, 0.2) is 58.1 Å². The van der Waals surface area contributed by atoms with Gasteiger partial charge in [0, 0.05) is 36.7 Å². The average Bonchev–Trinajstić information content (AvgIpc) is 3.04. The molecule has 2 aromatic heterocycles. The Morgan fingerprint density at radius 3 is 2.17 bits per heavy atom. The highest BCUT2D eigenvalue weighted by Gasteiger charge is 2.15. The van der Waals surface area contributed by atoms with E-state index in [1.165, 1.54) is 4.57 Å². The Kier molecular flexibility index (Phi) is 4.68. The van der Waals surface area contributed by atoms with Crippen molar-refractivity contribution in [2.45, 2.75) is 6.42 Å². The fourth-order valence-electron chi connectivity index (χ4n) is 3.24. The topological polar surface area (TPSA) is 89.8 Å². The van der Waals surface area contributed by atoms with Gasteiger partial charge in [-0.1, -0.05) is 35.9 Å². The molecule has 8 heteroatoms. The largest absolute Gasteiger partial charge is 0.329 e. The van der Waals surface area contributed by atoms with E-state index in [9.17, 15) is 14.4 Å². The van der Waals surface area contributed by atoms with Gasteiger partial charge in [0.05, 0.1) is 0 Å². The van der Waals surface area contributed by atoms with Crippen LogP contribution in [0.1, 0.15) is 27.3 Å². The highest BCUT2D eigenvalue weighted by Crippen LogP contribution is 2.17. The first kappa shape index (κ1) is 18.9. The van der Waals surface area contributed by atoms with E-state index in [2.05, 4.69) is 9.97 Å². The summed E-state index contributed by atoms with van der Waals surface area (Å²) in [5.74, 6) is 0.556. The van der Waals surface area contributed by atoms with Gasteiger partial charge in [-0.05, 0) is 29.8 Å². The summed E-state index contributed by atoms with van der Waals surface area (Å²) in [7, 11) is 3.30. The summed E-state index contributed by atoms with van der Waals surface area (Å²) in [4.78, 5) is 43.3. The van der Waals surface area contributed by atoms with Gasteiger partial charge in [0.15, 0.2) is 16.9 Å². The lowest BCUT2D eigenvalue weighted by atomic mass is 10.0. The summed E-state index contributed by atoms with van der Waals surface area (Å²) in [5.41, 5.74) is 1.78. The minimum Gasteiger partial charge on any atom is -0.325 e. The maximum Gasteiger partial charge on any atom is 0.329 e. The zero-order valence-corrected chi connectivity index (χ0v) is 16.5. The third kappa shape index (κ3) is 3.40. The number of hydrogen-bond acceptors (Lipinski definition) is 4. The number of aromatic amines is 1. The molecule has 4 rings (SSSR count). The van der Waals surface area contributed by atoms with Gasteiger partial charge in [-0.25, -0.2) is 9.78 Å². The molecule has 29 heavy (non-hydrogen) atoms. The number of aromatic nitrogens is 4. The van der Waals surface area contributed by atoms with Crippen molar-refractivity contribution in [1.29, 1.82) is 0 Å². The van der Waals surface area contributed by atoms with Crippen LogP contribution in [-0.2, 0) is 20.5 Å². The molecule has 1 N–H and O–H groups in total. The lowest BCUT2D eigenvalue weighted by Crippen LogP contribution is -2.29. The monoisotopic (exact) mass is 408 g/mol. The third-order valence-corrected chi connectivity index (χ3v) is 5.16. The zero-order valence-electron chi connectivity index (χ0n) is 15.8. The lowest BCUT2D eigenvalue weighted by Gasteiger charge is -2.05. The summed E-state index contributed by atoms with van der Waals surface area (Å²) >= 11 is 5.87. The first-order valence-electron chi connectivity index (χ1n) is 8.89. The average molecular weight is 409 g/mol. The van der Waals surface area contributed by atoms with Crippen LogP contribution in [0.2, 0.25) is 5.02 Å². The standard InChI is InChI=1S/C21H17ClN4O3/c1-25-16(23-19-17(25)20(28)24-21(29)26(19)2)11-12-3-5-13(6-4-12)18(27)14-7-9-15(22)10-8-14/h3-10H,11H2,1-2H3,(H,24,28,29). The number of nitrogens with zero attached hydrogens (tertiary/aromatic N) is 3. The number of carbonyl (C=O) groups is 1. The second-order valence-electron chi connectivity index (χ2n) is 6.79. The Balaban J connectivity index is 1.63. The normalized spacial score (nSPS) is 11.1. The molecular formula is C21H17ClN4O3. The molecule has 2 aromatic carbocycles. The molecule has 0 fully saturated rings. The number of imidazole rings is 1. The van der Waals surface area contributed by atoms with Crippen LogP contribution in [0.3, 0.4) is 0 Å². The SMILES string of the molecule is Cn1c(Cc2ccc(C(=O)c3ccc(Cl)cc3)cc2)nc2c1c(=O)[nH]c(=O)n2C. The molecule has 0 spiro atoms. The molecule has 2 heterocycles. The van der Waals surface area contributed by atoms with Crippen molar-refractivity contribution < 1.29 is 4.79 Å². The molecule has 0 radical (unpaired) electrons. The zero-order chi connectivity index (χ0) is 20.7. The van der Waals surface area contributed by atoms with Gasteiger partial charge in [0.25, 0.3) is 5.56 Å². The van der Waals surface area contributed by atoms with Crippen LogP contribution in [0.5, 0.6) is 0 Å². The minimum atomic E-state index is -0.503. The first-order valence-corrected chi connectivity index (χ1v) is 9.27. The van der Waals surface area contributed by atoms with E-state index < -0.39 is 11.2 Å². The highest BCUT2D eigenvalue weighted by molar-refractivity contribution is 6.30. The molecule has 0 aliphatic carbocycles. The maximum atomic E-state index is 12.6. The van der Waals surface area contributed by atoms with Crippen molar-refractivity contribution in [2.75, 3.05) is 0 Å². The molecule has 0 unspecified atom stereocenters. The van der Waals surface area contributed by atoms with Crippen molar-refractivity contribution >= 4 is 28.5 Å². The third-order valence-electron chi connectivity index (χ3n) is 4.91. The van der Waals surface area contributed by atoms with Gasteiger partial charge in [0.1, 0.15) is 5.82 Å². The van der Waals surface area contributed by atoms with Crippen molar-refractivity contribution in [3.8, 4) is 0 Å². The molecule has 0 saturated carbocycles. The quantitative estimate of drug-likeness (QED) is 0.525. The molecule has 0 saturated heterocycles. The molecule has 7 nitrogen and oxygen atoms in total. The van der Waals surface area contributed by atoms with E-state index >= 15 is 0 Å². The molecule has 146 valence electrons. The Bertz CT molecular complexity index is 1350. The summed E-state index contributed by atoms with van der Waals surface area (Å²) in [5, 5.41) is 0.579. The van der Waals surface area contributed by atoms with Gasteiger partial charge < -0.3 is 4.57 Å². The Hall–Kier alpha value is -3.45. The number of fused-ring (bicyclic) bond motifs is 1. The number of rotatable bonds is 4. The van der Waals surface area contributed by atoms with E-state index in [1.54, 1.807) is 55.1 Å². The van der Waals surface area contributed by atoms with Crippen molar-refractivity contribution in [3.05, 3.63) is 96.9 Å². The summed E-state index contributed by atoms with van der Waals surface area (Å²) in [6.07, 6.45) is 0.453. The van der Waals surface area contributed by atoms with Gasteiger partial charge in [-0.3, -0.25) is 19.1 Å². The van der Waals surface area contributed by atoms with Crippen LogP contribution in [0, 0.1) is 0 Å². The van der Waals surface area contributed by atoms with E-state index in [0.29, 0.717) is 39.6 Å². The van der Waals surface area contributed by atoms with E-state index in [4.69, 9.17) is 11.6 Å². The van der Waals surface area contributed by atoms with E-state index in [-0.39, 0.29) is 5.78 Å². The fourth-order valence-corrected chi connectivity index (χ4v) is 3.36. The Morgan fingerprint density at radius 1 is 0.966 bits per heavy atom. The molecule has 0 amide bonds. The predicted molar refractivity (Wildman–Crippen MR) is 111 cm³/mol. The minimum absolute atomic E-state index is 0.0857. The van der Waals surface area contributed by atoms with E-state index in [0.717, 1.165) is 5.56 Å². The van der Waals surface area contributed by atoms with Crippen LogP contribution in [0.25, 0.3) is 11.2 Å². The van der Waals surface area contributed by atoms with Crippen LogP contribution >= 0.6 is 11.6 Å². The number of aryl methyl sites for hydroxylation is 2. The molecule has 4 aromatic rings. The number of nitrogens with one attached hydrogen (secondary N) is 1. The first-order chi connectivity index (χ1) is 13.8. The fraction of sp³-hybridized carbons (Fsp3) is 0.143. The lowest BCUT2D eigenvalue weighted by molar-refractivity contribution is 0.103. The van der Waals surface area contributed by atoms with Crippen molar-refractivity contribution in [3.63, 3.8) is 0 Å². The van der Waals surface area contributed by atoms with Gasteiger partial charge >= 0.3 is 5.69 Å². The number of H-pyrrole nitrogens is 1. The molecule has 0 bridgehead atoms. The summed E-state index contributed by atoms with van der Waals surface area (Å²) in [6.45, 7) is 0. The summed E-state index contributed by atoms with van der Waals surface area (Å²) < 4.78 is 2.99. The smallest absolute Gasteiger partial charge is 0.325 e. The molecular weight excluding hydrogens is 392 g/mol. The van der Waals surface area contributed by atoms with Crippen LogP contribution < -0.4 is 11.2 Å². The predicted octanol–water partition coefficient (Wildman–Crippen LogP) is 2.44. The molecule has 0 atom stereocenters. The second-order valence-corrected chi connectivity index (χ2v) is 7.22. The number of ketones is 1. The number of hydrogen-bond donors (Lipinski definition) is 1. The van der Waals surface area contributed by atoms with Crippen molar-refractivity contribution in [1.82, 2.24) is 19.1 Å². The van der Waals surface area contributed by atoms with Crippen LogP contribution in [-0.4, -0.2) is 24.9 Å². The number of benzene rings is 2. The Labute approximate surface area is 170 Å². The van der Waals surface area contributed by atoms with Gasteiger partial charge in [-0.15, -0.1) is 0 Å². The molecule has 0 aliphatic heterocycles. The van der Waals surface area contributed by atoms with Crippen molar-refractivity contribution in [2.24, 2.45) is 14.1 Å². The second kappa shape index (κ2) is 7.18.